The molecule has 72 valence electrons. The number of carbonyl (C=O) groups is 1. The monoisotopic (exact) mass is 210 g/mol. The van der Waals surface area contributed by atoms with Gasteiger partial charge in [0.05, 0.1) is 16.9 Å². The summed E-state index contributed by atoms with van der Waals surface area (Å²) in [6, 6.07) is 4.84. The van der Waals surface area contributed by atoms with E-state index in [1.807, 2.05) is 0 Å². The van der Waals surface area contributed by atoms with Gasteiger partial charge < -0.3 is 5.11 Å². The fraction of sp³-hybridized carbons (Fsp3) is 0.100. The second kappa shape index (κ2) is 3.48. The van der Waals surface area contributed by atoms with Gasteiger partial charge in [0.2, 0.25) is 0 Å². The fourth-order valence-electron chi connectivity index (χ4n) is 1.31. The Bertz CT molecular complexity index is 490. The molecule has 0 atom stereocenters. The molecule has 0 aliphatic rings. The number of thiophene rings is 1. The zero-order chi connectivity index (χ0) is 10.1. The summed E-state index contributed by atoms with van der Waals surface area (Å²) >= 11 is 1.17. The van der Waals surface area contributed by atoms with Gasteiger partial charge in [0.25, 0.3) is 0 Å². The molecule has 0 aliphatic heterocycles. The molecule has 0 fully saturated rings. The molecule has 0 aliphatic carbocycles. The maximum atomic E-state index is 13.5. The summed E-state index contributed by atoms with van der Waals surface area (Å²) in [5.74, 6) is -0.498. The minimum atomic E-state index is -0.498. The number of rotatable bonds is 2. The van der Waals surface area contributed by atoms with Crippen LogP contribution in [0.5, 0.6) is 0 Å². The summed E-state index contributed by atoms with van der Waals surface area (Å²) in [4.78, 5) is 11.2. The Kier molecular flexibility index (Phi) is 2.31. The van der Waals surface area contributed by atoms with Crippen LogP contribution in [0.1, 0.15) is 15.2 Å². The summed E-state index contributed by atoms with van der Waals surface area (Å²) < 4.78 is 13.9. The number of aldehydes is 1. The smallest absolute Gasteiger partial charge is 0.153 e. The molecule has 2 aromatic rings. The molecular weight excluding hydrogens is 203 g/mol. The van der Waals surface area contributed by atoms with E-state index in [2.05, 4.69) is 0 Å². The average Bonchev–Trinajstić information content (AvgIpc) is 2.62. The Hall–Kier alpha value is -1.26. The van der Waals surface area contributed by atoms with Crippen LogP contribution in [0, 0.1) is 5.82 Å². The lowest BCUT2D eigenvalue weighted by molar-refractivity contribution is 0.112. The highest BCUT2D eigenvalue weighted by molar-refractivity contribution is 7.19. The van der Waals surface area contributed by atoms with E-state index in [4.69, 9.17) is 5.11 Å². The highest BCUT2D eigenvalue weighted by Gasteiger charge is 2.09. The van der Waals surface area contributed by atoms with E-state index in [9.17, 15) is 9.18 Å². The van der Waals surface area contributed by atoms with Crippen molar-refractivity contribution in [2.75, 3.05) is 0 Å². The lowest BCUT2D eigenvalue weighted by Gasteiger charge is -1.94. The molecule has 0 bridgehead atoms. The second-order valence-corrected chi connectivity index (χ2v) is 4.01. The van der Waals surface area contributed by atoms with E-state index >= 15 is 0 Å². The first-order valence-electron chi connectivity index (χ1n) is 4.03. The van der Waals surface area contributed by atoms with Gasteiger partial charge in [-0.15, -0.1) is 11.3 Å². The molecule has 2 rings (SSSR count). The summed E-state index contributed by atoms with van der Waals surface area (Å²) in [7, 11) is 0. The molecule has 4 heteroatoms. The van der Waals surface area contributed by atoms with Crippen molar-refractivity contribution < 1.29 is 14.3 Å². The molecule has 1 aromatic carbocycles. The van der Waals surface area contributed by atoms with Crippen LogP contribution in [0.3, 0.4) is 0 Å². The lowest BCUT2D eigenvalue weighted by atomic mass is 10.2. The van der Waals surface area contributed by atoms with E-state index in [1.54, 1.807) is 12.1 Å². The van der Waals surface area contributed by atoms with Gasteiger partial charge in [0.1, 0.15) is 0 Å². The first kappa shape index (κ1) is 9.30. The number of aliphatic hydroxyl groups excluding tert-OH is 1. The van der Waals surface area contributed by atoms with Gasteiger partial charge in [-0.3, -0.25) is 4.79 Å². The SMILES string of the molecule is O=Cc1ccc2cc(CO)sc2c1F. The first-order valence-corrected chi connectivity index (χ1v) is 4.85. The number of halogens is 1. The highest BCUT2D eigenvalue weighted by Crippen LogP contribution is 2.29. The van der Waals surface area contributed by atoms with E-state index in [1.165, 1.54) is 17.4 Å². The van der Waals surface area contributed by atoms with Gasteiger partial charge >= 0.3 is 0 Å². The second-order valence-electron chi connectivity index (χ2n) is 2.88. The van der Waals surface area contributed by atoms with Crippen molar-refractivity contribution in [2.24, 2.45) is 0 Å². The molecule has 0 saturated carbocycles. The van der Waals surface area contributed by atoms with Crippen molar-refractivity contribution in [3.8, 4) is 0 Å². The molecule has 0 unspecified atom stereocenters. The van der Waals surface area contributed by atoms with Gasteiger partial charge in [-0.25, -0.2) is 4.39 Å². The van der Waals surface area contributed by atoms with Crippen LogP contribution >= 0.6 is 11.3 Å². The van der Waals surface area contributed by atoms with Crippen molar-refractivity contribution in [3.05, 3.63) is 34.5 Å². The molecular formula is C10H7FO2S. The van der Waals surface area contributed by atoms with E-state index in [0.717, 1.165) is 5.39 Å². The van der Waals surface area contributed by atoms with Crippen LogP contribution < -0.4 is 0 Å². The van der Waals surface area contributed by atoms with Crippen molar-refractivity contribution in [3.63, 3.8) is 0 Å². The summed E-state index contributed by atoms with van der Waals surface area (Å²) in [5.41, 5.74) is 0.0591. The molecule has 0 saturated heterocycles. The van der Waals surface area contributed by atoms with E-state index in [0.29, 0.717) is 15.9 Å². The van der Waals surface area contributed by atoms with Crippen LogP contribution in [0.4, 0.5) is 4.39 Å². The molecule has 1 N–H and O–H groups in total. The van der Waals surface area contributed by atoms with Crippen LogP contribution in [0.15, 0.2) is 18.2 Å². The van der Waals surface area contributed by atoms with Crippen molar-refractivity contribution in [1.82, 2.24) is 0 Å². The number of benzene rings is 1. The van der Waals surface area contributed by atoms with Gasteiger partial charge in [-0.2, -0.15) is 0 Å². The molecule has 0 spiro atoms. The predicted molar refractivity (Wildman–Crippen MR) is 53.1 cm³/mol. The summed E-state index contributed by atoms with van der Waals surface area (Å²) in [6.45, 7) is -0.102. The van der Waals surface area contributed by atoms with Crippen LogP contribution in [-0.4, -0.2) is 11.4 Å². The Morgan fingerprint density at radius 1 is 1.50 bits per heavy atom. The van der Waals surface area contributed by atoms with Crippen molar-refractivity contribution >= 4 is 27.7 Å². The van der Waals surface area contributed by atoms with Crippen LogP contribution in [0.25, 0.3) is 10.1 Å². The molecule has 1 heterocycles. The van der Waals surface area contributed by atoms with E-state index < -0.39 is 5.82 Å². The highest BCUT2D eigenvalue weighted by atomic mass is 32.1. The van der Waals surface area contributed by atoms with Crippen molar-refractivity contribution in [1.29, 1.82) is 0 Å². The topological polar surface area (TPSA) is 37.3 Å². The predicted octanol–water partition coefficient (Wildman–Crippen LogP) is 2.35. The van der Waals surface area contributed by atoms with Gasteiger partial charge in [0, 0.05) is 4.88 Å². The normalized spacial score (nSPS) is 10.7. The largest absolute Gasteiger partial charge is 0.391 e. The summed E-state index contributed by atoms with van der Waals surface area (Å²) in [6.07, 6.45) is 0.493. The van der Waals surface area contributed by atoms with E-state index in [-0.39, 0.29) is 12.2 Å². The molecule has 0 radical (unpaired) electrons. The Morgan fingerprint density at radius 3 is 2.93 bits per heavy atom. The molecule has 1 aromatic heterocycles. The molecule has 2 nitrogen and oxygen atoms in total. The maximum Gasteiger partial charge on any atom is 0.153 e. The van der Waals surface area contributed by atoms with Crippen molar-refractivity contribution in [2.45, 2.75) is 6.61 Å². The fourth-order valence-corrected chi connectivity index (χ4v) is 2.27. The minimum Gasteiger partial charge on any atom is -0.391 e. The Balaban J connectivity index is 2.74. The number of hydrogen-bond acceptors (Lipinski definition) is 3. The van der Waals surface area contributed by atoms with Crippen LogP contribution in [0.2, 0.25) is 0 Å². The van der Waals surface area contributed by atoms with Gasteiger partial charge in [-0.1, -0.05) is 6.07 Å². The third-order valence-corrected chi connectivity index (χ3v) is 3.12. The Morgan fingerprint density at radius 2 is 2.29 bits per heavy atom. The van der Waals surface area contributed by atoms with Gasteiger partial charge in [0.15, 0.2) is 12.1 Å². The quantitative estimate of drug-likeness (QED) is 0.772. The zero-order valence-electron chi connectivity index (χ0n) is 7.16. The number of carbonyl (C=O) groups excluding carboxylic acids is 1. The average molecular weight is 210 g/mol. The van der Waals surface area contributed by atoms with Gasteiger partial charge in [-0.05, 0) is 17.5 Å². The minimum absolute atomic E-state index is 0.0591. The lowest BCUT2D eigenvalue weighted by Crippen LogP contribution is -1.85. The number of hydrogen-bond donors (Lipinski definition) is 1. The van der Waals surface area contributed by atoms with Crippen LogP contribution in [-0.2, 0) is 6.61 Å². The third-order valence-electron chi connectivity index (χ3n) is 1.99. The zero-order valence-corrected chi connectivity index (χ0v) is 7.97. The number of aliphatic hydroxyl groups is 1. The standard InChI is InChI=1S/C10H7FO2S/c11-9-7(4-12)2-1-6-3-8(5-13)14-10(6)9/h1-4,13H,5H2. The Labute approximate surface area is 83.6 Å². The molecule has 14 heavy (non-hydrogen) atoms. The maximum absolute atomic E-state index is 13.5. The first-order chi connectivity index (χ1) is 6.76. The molecule has 0 amide bonds. The third kappa shape index (κ3) is 1.32. The summed E-state index contributed by atoms with van der Waals surface area (Å²) in [5, 5.41) is 9.60. The number of fused-ring (bicyclic) bond motifs is 1.